The molecule has 1 fully saturated rings. The van der Waals surface area contributed by atoms with E-state index < -0.39 is 0 Å². The molecule has 0 unspecified atom stereocenters. The van der Waals surface area contributed by atoms with Gasteiger partial charge < -0.3 is 10.6 Å². The highest BCUT2D eigenvalue weighted by molar-refractivity contribution is 7.80. The molecule has 0 bridgehead atoms. The van der Waals surface area contributed by atoms with Gasteiger partial charge in [0.15, 0.2) is 0 Å². The van der Waals surface area contributed by atoms with E-state index in [-0.39, 0.29) is 22.1 Å². The van der Waals surface area contributed by atoms with Crippen LogP contribution in [0.2, 0.25) is 0 Å². The highest BCUT2D eigenvalue weighted by Gasteiger charge is 2.27. The average Bonchev–Trinajstić information content (AvgIpc) is 2.51. The summed E-state index contributed by atoms with van der Waals surface area (Å²) in [5.41, 5.74) is 7.17. The van der Waals surface area contributed by atoms with Crippen molar-refractivity contribution in [3.8, 4) is 0 Å². The standard InChI is InChI=1S/C16H21FN2OS/c1-16(2)6-5-14(20)19(8-7-16)10-11-9-12(17)3-4-13(11)15(18)21/h3-4,9H,5-8,10H2,1-2H3,(H2,18,21). The zero-order chi connectivity index (χ0) is 15.6. The van der Waals surface area contributed by atoms with Gasteiger partial charge in [-0.1, -0.05) is 26.1 Å². The maximum Gasteiger partial charge on any atom is 0.222 e. The van der Waals surface area contributed by atoms with Gasteiger partial charge in [0, 0.05) is 25.1 Å². The SMILES string of the molecule is CC1(C)CCC(=O)N(Cc2cc(F)ccc2C(N)=S)CC1. The van der Waals surface area contributed by atoms with E-state index in [2.05, 4.69) is 13.8 Å². The minimum atomic E-state index is -0.340. The molecule has 5 heteroatoms. The summed E-state index contributed by atoms with van der Waals surface area (Å²) in [6.07, 6.45) is 2.36. The van der Waals surface area contributed by atoms with Crippen molar-refractivity contribution in [3.63, 3.8) is 0 Å². The lowest BCUT2D eigenvalue weighted by atomic mass is 9.85. The van der Waals surface area contributed by atoms with E-state index >= 15 is 0 Å². The van der Waals surface area contributed by atoms with Crippen molar-refractivity contribution < 1.29 is 9.18 Å². The number of carbonyl (C=O) groups is 1. The van der Waals surface area contributed by atoms with Crippen molar-refractivity contribution >= 4 is 23.1 Å². The number of amides is 1. The first-order valence-electron chi connectivity index (χ1n) is 7.14. The number of nitrogens with two attached hydrogens (primary N) is 1. The van der Waals surface area contributed by atoms with E-state index in [0.29, 0.717) is 30.6 Å². The summed E-state index contributed by atoms with van der Waals surface area (Å²) >= 11 is 5.01. The fourth-order valence-electron chi connectivity index (χ4n) is 2.60. The lowest BCUT2D eigenvalue weighted by Crippen LogP contribution is -2.31. The smallest absolute Gasteiger partial charge is 0.222 e. The molecule has 3 nitrogen and oxygen atoms in total. The fourth-order valence-corrected chi connectivity index (χ4v) is 2.80. The van der Waals surface area contributed by atoms with E-state index in [1.807, 2.05) is 0 Å². The Kier molecular flexibility index (Phi) is 4.61. The third kappa shape index (κ3) is 4.00. The maximum atomic E-state index is 13.5. The second-order valence-corrected chi connectivity index (χ2v) is 6.84. The molecule has 0 atom stereocenters. The molecular formula is C16H21FN2OS. The van der Waals surface area contributed by atoms with Crippen LogP contribution in [-0.4, -0.2) is 22.3 Å². The third-order valence-electron chi connectivity index (χ3n) is 4.12. The van der Waals surface area contributed by atoms with Crippen molar-refractivity contribution in [1.82, 2.24) is 4.90 Å². The van der Waals surface area contributed by atoms with Crippen molar-refractivity contribution in [2.45, 2.75) is 39.7 Å². The number of halogens is 1. The normalized spacial score (nSPS) is 18.4. The van der Waals surface area contributed by atoms with Gasteiger partial charge in [0.2, 0.25) is 5.91 Å². The van der Waals surface area contributed by atoms with Gasteiger partial charge in [-0.3, -0.25) is 4.79 Å². The Balaban J connectivity index is 2.23. The summed E-state index contributed by atoms with van der Waals surface area (Å²) in [6.45, 7) is 5.39. The monoisotopic (exact) mass is 308 g/mol. The van der Waals surface area contributed by atoms with Crippen LogP contribution in [0, 0.1) is 11.2 Å². The molecule has 1 amide bonds. The van der Waals surface area contributed by atoms with Gasteiger partial charge in [0.05, 0.1) is 0 Å². The molecule has 114 valence electrons. The highest BCUT2D eigenvalue weighted by atomic mass is 32.1. The molecule has 1 aromatic rings. The van der Waals surface area contributed by atoms with Crippen molar-refractivity contribution in [1.29, 1.82) is 0 Å². The van der Waals surface area contributed by atoms with Crippen LogP contribution in [0.25, 0.3) is 0 Å². The third-order valence-corrected chi connectivity index (χ3v) is 4.34. The first-order chi connectivity index (χ1) is 9.78. The number of carbonyl (C=O) groups excluding carboxylic acids is 1. The first kappa shape index (κ1) is 15.9. The van der Waals surface area contributed by atoms with E-state index in [1.54, 1.807) is 11.0 Å². The topological polar surface area (TPSA) is 46.3 Å². The van der Waals surface area contributed by atoms with Gasteiger partial charge in [-0.2, -0.15) is 0 Å². The number of hydrogen-bond acceptors (Lipinski definition) is 2. The van der Waals surface area contributed by atoms with Crippen LogP contribution in [0.1, 0.15) is 44.2 Å². The molecule has 2 rings (SSSR count). The van der Waals surface area contributed by atoms with Crippen molar-refractivity contribution in [3.05, 3.63) is 35.1 Å². The van der Waals surface area contributed by atoms with E-state index in [1.165, 1.54) is 12.1 Å². The fraction of sp³-hybridized carbons (Fsp3) is 0.500. The number of benzene rings is 1. The summed E-state index contributed by atoms with van der Waals surface area (Å²) in [6, 6.07) is 4.34. The molecule has 1 aliphatic rings. The largest absolute Gasteiger partial charge is 0.389 e. The van der Waals surface area contributed by atoms with Crippen LogP contribution in [0.3, 0.4) is 0 Å². The highest BCUT2D eigenvalue weighted by Crippen LogP contribution is 2.31. The first-order valence-corrected chi connectivity index (χ1v) is 7.55. The molecule has 1 saturated heterocycles. The number of thiocarbonyl (C=S) groups is 1. The van der Waals surface area contributed by atoms with Crippen molar-refractivity contribution in [2.24, 2.45) is 11.1 Å². The molecule has 21 heavy (non-hydrogen) atoms. The summed E-state index contributed by atoms with van der Waals surface area (Å²) < 4.78 is 13.5. The van der Waals surface area contributed by atoms with Gasteiger partial charge >= 0.3 is 0 Å². The Morgan fingerprint density at radius 2 is 2.14 bits per heavy atom. The number of nitrogens with zero attached hydrogens (tertiary/aromatic N) is 1. The molecule has 0 aliphatic carbocycles. The Labute approximate surface area is 130 Å². The second-order valence-electron chi connectivity index (χ2n) is 6.40. The van der Waals surface area contributed by atoms with E-state index in [0.717, 1.165) is 12.8 Å². The molecule has 2 N–H and O–H groups in total. The van der Waals surface area contributed by atoms with Gasteiger partial charge in [-0.05, 0) is 42.0 Å². The molecular weight excluding hydrogens is 287 g/mol. The van der Waals surface area contributed by atoms with Crippen LogP contribution in [0.4, 0.5) is 4.39 Å². The lowest BCUT2D eigenvalue weighted by molar-refractivity contribution is -0.131. The summed E-state index contributed by atoms with van der Waals surface area (Å²) in [5.74, 6) is -0.230. The average molecular weight is 308 g/mol. The van der Waals surface area contributed by atoms with Crippen LogP contribution >= 0.6 is 12.2 Å². The summed E-state index contributed by atoms with van der Waals surface area (Å²) in [7, 11) is 0. The quantitative estimate of drug-likeness (QED) is 0.873. The van der Waals surface area contributed by atoms with E-state index in [9.17, 15) is 9.18 Å². The van der Waals surface area contributed by atoms with Crippen LogP contribution in [0.15, 0.2) is 18.2 Å². The van der Waals surface area contributed by atoms with E-state index in [4.69, 9.17) is 18.0 Å². The molecule has 0 aromatic heterocycles. The van der Waals surface area contributed by atoms with Crippen LogP contribution in [-0.2, 0) is 11.3 Å². The number of rotatable bonds is 3. The molecule has 0 saturated carbocycles. The summed E-state index contributed by atoms with van der Waals surface area (Å²) in [4.78, 5) is 14.3. The van der Waals surface area contributed by atoms with Crippen LogP contribution in [0.5, 0.6) is 0 Å². The predicted octanol–water partition coefficient (Wildman–Crippen LogP) is 3.00. The Morgan fingerprint density at radius 1 is 1.43 bits per heavy atom. The molecule has 0 radical (unpaired) electrons. The van der Waals surface area contributed by atoms with Gasteiger partial charge in [-0.15, -0.1) is 0 Å². The Hall–Kier alpha value is -1.49. The molecule has 1 aromatic carbocycles. The minimum Gasteiger partial charge on any atom is -0.389 e. The zero-order valence-corrected chi connectivity index (χ0v) is 13.3. The summed E-state index contributed by atoms with van der Waals surface area (Å²) in [5, 5.41) is 0. The van der Waals surface area contributed by atoms with Gasteiger partial charge in [0.25, 0.3) is 0 Å². The molecule has 0 spiro atoms. The second kappa shape index (κ2) is 6.10. The molecule has 1 heterocycles. The lowest BCUT2D eigenvalue weighted by Gasteiger charge is -2.24. The molecule has 1 aliphatic heterocycles. The van der Waals surface area contributed by atoms with Crippen LogP contribution < -0.4 is 5.73 Å². The zero-order valence-electron chi connectivity index (χ0n) is 12.5. The Morgan fingerprint density at radius 3 is 2.81 bits per heavy atom. The predicted molar refractivity (Wildman–Crippen MR) is 85.3 cm³/mol. The number of likely N-dealkylation sites (tertiary alicyclic amines) is 1. The minimum absolute atomic E-state index is 0.110. The number of hydrogen-bond donors (Lipinski definition) is 1. The maximum absolute atomic E-state index is 13.5. The van der Waals surface area contributed by atoms with Gasteiger partial charge in [-0.25, -0.2) is 4.39 Å². The van der Waals surface area contributed by atoms with Gasteiger partial charge in [0.1, 0.15) is 10.8 Å². The van der Waals surface area contributed by atoms with Crippen molar-refractivity contribution in [2.75, 3.05) is 6.54 Å². The Bertz CT molecular complexity index is 571.